The Morgan fingerprint density at radius 1 is 0.957 bits per heavy atom. The number of hydrogen-bond donors (Lipinski definition) is 0. The van der Waals surface area contributed by atoms with Crippen LogP contribution in [0.5, 0.6) is 0 Å². The van der Waals surface area contributed by atoms with E-state index in [2.05, 4.69) is 65.9 Å². The molecule has 0 spiro atoms. The van der Waals surface area contributed by atoms with Gasteiger partial charge in [-0.15, -0.1) is 11.8 Å². The largest absolute Gasteiger partial charge is 0.298 e. The van der Waals surface area contributed by atoms with Crippen LogP contribution in [0.3, 0.4) is 0 Å². The molecule has 0 amide bonds. The second kappa shape index (κ2) is 7.49. The van der Waals surface area contributed by atoms with Gasteiger partial charge in [-0.2, -0.15) is 5.10 Å². The summed E-state index contributed by atoms with van der Waals surface area (Å²) >= 11 is 1.78. The Kier molecular flexibility index (Phi) is 5.16. The number of aromatic nitrogens is 2. The Labute approximate surface area is 141 Å². The summed E-state index contributed by atoms with van der Waals surface area (Å²) in [6.07, 6.45) is 6.15. The van der Waals surface area contributed by atoms with Gasteiger partial charge in [0.05, 0.1) is 11.9 Å². The highest BCUT2D eigenvalue weighted by Crippen LogP contribution is 2.16. The van der Waals surface area contributed by atoms with E-state index in [4.69, 9.17) is 0 Å². The summed E-state index contributed by atoms with van der Waals surface area (Å²) in [6, 6.07) is 19.0. The van der Waals surface area contributed by atoms with E-state index >= 15 is 0 Å². The van der Waals surface area contributed by atoms with Crippen molar-refractivity contribution in [1.29, 1.82) is 0 Å². The molecule has 1 aromatic heterocycles. The Morgan fingerprint density at radius 2 is 1.65 bits per heavy atom. The van der Waals surface area contributed by atoms with Crippen LogP contribution in [-0.2, 0) is 13.1 Å². The molecule has 0 saturated heterocycles. The van der Waals surface area contributed by atoms with Crippen molar-refractivity contribution >= 4 is 11.8 Å². The fourth-order valence-electron chi connectivity index (χ4n) is 2.57. The molecule has 0 N–H and O–H groups in total. The van der Waals surface area contributed by atoms with Crippen LogP contribution in [0, 0.1) is 0 Å². The van der Waals surface area contributed by atoms with Gasteiger partial charge in [0.15, 0.2) is 0 Å². The fourth-order valence-corrected chi connectivity index (χ4v) is 2.98. The average molecular weight is 323 g/mol. The van der Waals surface area contributed by atoms with Gasteiger partial charge in [0.2, 0.25) is 0 Å². The van der Waals surface area contributed by atoms with Gasteiger partial charge < -0.3 is 0 Å². The smallest absolute Gasteiger partial charge is 0.0645 e. The summed E-state index contributed by atoms with van der Waals surface area (Å²) in [5.41, 5.74) is 3.65. The standard InChI is InChI=1S/C19H21N3S/c1-21(13-16-8-10-19(23-2)11-9-16)14-17-12-20-22(15-17)18-6-4-3-5-7-18/h3-12,15H,13-14H2,1-2H3. The molecule has 0 bridgehead atoms. The summed E-state index contributed by atoms with van der Waals surface area (Å²) in [5.74, 6) is 0. The predicted molar refractivity (Wildman–Crippen MR) is 97.0 cm³/mol. The van der Waals surface area contributed by atoms with Gasteiger partial charge in [-0.25, -0.2) is 4.68 Å². The maximum Gasteiger partial charge on any atom is 0.0645 e. The Hall–Kier alpha value is -2.04. The minimum absolute atomic E-state index is 0.886. The summed E-state index contributed by atoms with van der Waals surface area (Å²) in [4.78, 5) is 3.61. The van der Waals surface area contributed by atoms with E-state index in [9.17, 15) is 0 Å². The SMILES string of the molecule is CSc1ccc(CN(C)Cc2cnn(-c3ccccc3)c2)cc1. The monoisotopic (exact) mass is 323 g/mol. The summed E-state index contributed by atoms with van der Waals surface area (Å²) in [7, 11) is 2.14. The summed E-state index contributed by atoms with van der Waals surface area (Å²) < 4.78 is 1.93. The molecule has 0 radical (unpaired) electrons. The van der Waals surface area contributed by atoms with Crippen molar-refractivity contribution in [3.63, 3.8) is 0 Å². The highest BCUT2D eigenvalue weighted by molar-refractivity contribution is 7.98. The van der Waals surface area contributed by atoms with Gasteiger partial charge >= 0.3 is 0 Å². The first kappa shape index (κ1) is 15.8. The minimum Gasteiger partial charge on any atom is -0.298 e. The molecule has 0 aliphatic heterocycles. The molecule has 2 aromatic carbocycles. The molecule has 3 nitrogen and oxygen atoms in total. The van der Waals surface area contributed by atoms with Crippen LogP contribution in [0.25, 0.3) is 5.69 Å². The van der Waals surface area contributed by atoms with Crippen LogP contribution in [0.1, 0.15) is 11.1 Å². The van der Waals surface area contributed by atoms with Gasteiger partial charge in [0.25, 0.3) is 0 Å². The van der Waals surface area contributed by atoms with Gasteiger partial charge in [0, 0.05) is 29.7 Å². The third-order valence-electron chi connectivity index (χ3n) is 3.72. The zero-order valence-electron chi connectivity index (χ0n) is 13.5. The van der Waals surface area contributed by atoms with Gasteiger partial charge in [-0.3, -0.25) is 4.90 Å². The Balaban J connectivity index is 1.61. The molecule has 3 rings (SSSR count). The molecular formula is C19H21N3S. The first-order valence-corrected chi connectivity index (χ1v) is 8.87. The van der Waals surface area contributed by atoms with Gasteiger partial charge in [0.1, 0.15) is 0 Å². The first-order chi connectivity index (χ1) is 11.2. The van der Waals surface area contributed by atoms with E-state index in [1.54, 1.807) is 11.8 Å². The predicted octanol–water partition coefficient (Wildman–Crippen LogP) is 4.23. The van der Waals surface area contributed by atoms with E-state index in [1.807, 2.05) is 29.1 Å². The molecule has 0 fully saturated rings. The molecule has 3 aromatic rings. The molecule has 0 aliphatic rings. The molecule has 0 aliphatic carbocycles. The van der Waals surface area contributed by atoms with Crippen LogP contribution in [0.2, 0.25) is 0 Å². The highest BCUT2D eigenvalue weighted by atomic mass is 32.2. The lowest BCUT2D eigenvalue weighted by molar-refractivity contribution is 0.319. The zero-order chi connectivity index (χ0) is 16.1. The number of hydrogen-bond acceptors (Lipinski definition) is 3. The van der Waals surface area contributed by atoms with Crippen LogP contribution in [0.4, 0.5) is 0 Å². The van der Waals surface area contributed by atoms with E-state index < -0.39 is 0 Å². The molecule has 118 valence electrons. The molecule has 1 heterocycles. The zero-order valence-corrected chi connectivity index (χ0v) is 14.3. The Morgan fingerprint density at radius 3 is 2.35 bits per heavy atom. The summed E-state index contributed by atoms with van der Waals surface area (Å²) in [5, 5.41) is 4.46. The maximum absolute atomic E-state index is 4.46. The van der Waals surface area contributed by atoms with Gasteiger partial charge in [-0.1, -0.05) is 30.3 Å². The normalized spacial score (nSPS) is 11.1. The molecule has 4 heteroatoms. The number of para-hydroxylation sites is 1. The van der Waals surface area contributed by atoms with Crippen LogP contribution < -0.4 is 0 Å². The fraction of sp³-hybridized carbons (Fsp3) is 0.211. The van der Waals surface area contributed by atoms with Crippen molar-refractivity contribution in [3.05, 3.63) is 78.1 Å². The number of benzene rings is 2. The van der Waals surface area contributed by atoms with Crippen molar-refractivity contribution in [2.75, 3.05) is 13.3 Å². The third kappa shape index (κ3) is 4.24. The minimum atomic E-state index is 0.886. The lowest BCUT2D eigenvalue weighted by Gasteiger charge is -2.15. The van der Waals surface area contributed by atoms with E-state index in [1.165, 1.54) is 16.0 Å². The van der Waals surface area contributed by atoms with E-state index in [0.29, 0.717) is 0 Å². The molecule has 0 atom stereocenters. The second-order valence-electron chi connectivity index (χ2n) is 5.65. The average Bonchev–Trinajstić information content (AvgIpc) is 3.04. The Bertz CT molecular complexity index is 735. The van der Waals surface area contributed by atoms with Gasteiger partial charge in [-0.05, 0) is 43.1 Å². The van der Waals surface area contributed by atoms with Crippen molar-refractivity contribution in [2.45, 2.75) is 18.0 Å². The number of thioether (sulfide) groups is 1. The van der Waals surface area contributed by atoms with E-state index in [-0.39, 0.29) is 0 Å². The van der Waals surface area contributed by atoms with E-state index in [0.717, 1.165) is 18.8 Å². The number of nitrogens with zero attached hydrogens (tertiary/aromatic N) is 3. The quantitative estimate of drug-likeness (QED) is 0.634. The topological polar surface area (TPSA) is 21.1 Å². The van der Waals surface area contributed by atoms with Crippen LogP contribution in [-0.4, -0.2) is 28.0 Å². The molecular weight excluding hydrogens is 302 g/mol. The van der Waals surface area contributed by atoms with Crippen molar-refractivity contribution < 1.29 is 0 Å². The third-order valence-corrected chi connectivity index (χ3v) is 4.46. The van der Waals surface area contributed by atoms with Crippen LogP contribution >= 0.6 is 11.8 Å². The van der Waals surface area contributed by atoms with Crippen molar-refractivity contribution in [3.8, 4) is 5.69 Å². The first-order valence-electron chi connectivity index (χ1n) is 7.65. The lowest BCUT2D eigenvalue weighted by Crippen LogP contribution is -2.16. The number of rotatable bonds is 6. The van der Waals surface area contributed by atoms with Crippen LogP contribution in [0.15, 0.2) is 71.9 Å². The molecule has 0 saturated carbocycles. The molecule has 23 heavy (non-hydrogen) atoms. The summed E-state index contributed by atoms with van der Waals surface area (Å²) in [6.45, 7) is 1.82. The lowest BCUT2D eigenvalue weighted by atomic mass is 10.2. The maximum atomic E-state index is 4.46. The van der Waals surface area contributed by atoms with Crippen molar-refractivity contribution in [2.24, 2.45) is 0 Å². The highest BCUT2D eigenvalue weighted by Gasteiger charge is 2.05. The van der Waals surface area contributed by atoms with Crippen molar-refractivity contribution in [1.82, 2.24) is 14.7 Å². The molecule has 0 unspecified atom stereocenters. The second-order valence-corrected chi connectivity index (χ2v) is 6.53.